The molecule has 1 aliphatic rings. The predicted octanol–water partition coefficient (Wildman–Crippen LogP) is 1.85. The standard InChI is InChI=1S/C18H30N4O2/c1-18(2,3)16-10-13(20-21-16)11-22(4)12-17(23)19-14-8-6-7-9-15(14)24-5/h6-9,13,16,20-21H,10-12H2,1-5H3,(H,19,23). The minimum Gasteiger partial charge on any atom is -0.495 e. The average Bonchev–Trinajstić information content (AvgIpc) is 2.96. The van der Waals surface area contributed by atoms with Crippen molar-refractivity contribution >= 4 is 11.6 Å². The van der Waals surface area contributed by atoms with E-state index in [1.807, 2.05) is 36.2 Å². The Balaban J connectivity index is 1.80. The highest BCUT2D eigenvalue weighted by Crippen LogP contribution is 2.25. The quantitative estimate of drug-likeness (QED) is 0.741. The molecule has 1 aromatic carbocycles. The second-order valence-corrected chi connectivity index (χ2v) is 7.59. The topological polar surface area (TPSA) is 65.6 Å². The summed E-state index contributed by atoms with van der Waals surface area (Å²) in [5.41, 5.74) is 7.63. The van der Waals surface area contributed by atoms with Gasteiger partial charge < -0.3 is 10.1 Å². The van der Waals surface area contributed by atoms with Gasteiger partial charge in [0.1, 0.15) is 5.75 Å². The lowest BCUT2D eigenvalue weighted by molar-refractivity contribution is -0.117. The summed E-state index contributed by atoms with van der Waals surface area (Å²) in [5.74, 6) is 0.628. The fraction of sp³-hybridized carbons (Fsp3) is 0.611. The highest BCUT2D eigenvalue weighted by Gasteiger charge is 2.32. The maximum atomic E-state index is 12.2. The number of anilines is 1. The van der Waals surface area contributed by atoms with Gasteiger partial charge >= 0.3 is 0 Å². The molecule has 0 bridgehead atoms. The summed E-state index contributed by atoms with van der Waals surface area (Å²) < 4.78 is 5.26. The van der Waals surface area contributed by atoms with Gasteiger partial charge in [-0.05, 0) is 31.0 Å². The zero-order chi connectivity index (χ0) is 17.7. The predicted molar refractivity (Wildman–Crippen MR) is 97.0 cm³/mol. The molecule has 1 aliphatic heterocycles. The number of ether oxygens (including phenoxy) is 1. The molecule has 2 unspecified atom stereocenters. The summed E-state index contributed by atoms with van der Waals surface area (Å²) in [7, 11) is 3.56. The third-order valence-corrected chi connectivity index (χ3v) is 4.35. The number of likely N-dealkylation sites (N-methyl/N-ethyl adjacent to an activating group) is 1. The van der Waals surface area contributed by atoms with Crippen LogP contribution in [-0.2, 0) is 4.79 Å². The lowest BCUT2D eigenvalue weighted by atomic mass is 9.84. The van der Waals surface area contributed by atoms with Gasteiger partial charge in [-0.2, -0.15) is 0 Å². The molecule has 6 nitrogen and oxygen atoms in total. The van der Waals surface area contributed by atoms with Gasteiger partial charge in [-0.3, -0.25) is 20.5 Å². The van der Waals surface area contributed by atoms with Crippen molar-refractivity contribution < 1.29 is 9.53 Å². The minimum absolute atomic E-state index is 0.0414. The molecule has 134 valence electrons. The first-order valence-corrected chi connectivity index (χ1v) is 8.42. The van der Waals surface area contributed by atoms with Gasteiger partial charge in [-0.1, -0.05) is 32.9 Å². The normalized spacial score (nSPS) is 21.1. The number of amides is 1. The molecule has 24 heavy (non-hydrogen) atoms. The van der Waals surface area contributed by atoms with Crippen LogP contribution in [0.25, 0.3) is 0 Å². The van der Waals surface area contributed by atoms with Crippen LogP contribution in [0.4, 0.5) is 5.69 Å². The Labute approximate surface area is 144 Å². The SMILES string of the molecule is COc1ccccc1NC(=O)CN(C)CC1CC(C(C)(C)C)NN1. The third-order valence-electron chi connectivity index (χ3n) is 4.35. The van der Waals surface area contributed by atoms with Crippen molar-refractivity contribution in [2.45, 2.75) is 39.3 Å². The number of nitrogens with zero attached hydrogens (tertiary/aromatic N) is 1. The highest BCUT2D eigenvalue weighted by atomic mass is 16.5. The third kappa shape index (κ3) is 5.19. The summed E-state index contributed by atoms with van der Waals surface area (Å²) in [6, 6.07) is 8.22. The van der Waals surface area contributed by atoms with E-state index < -0.39 is 0 Å². The zero-order valence-electron chi connectivity index (χ0n) is 15.3. The number of hydrogen-bond donors (Lipinski definition) is 3. The highest BCUT2D eigenvalue weighted by molar-refractivity contribution is 5.93. The van der Waals surface area contributed by atoms with Crippen LogP contribution in [0, 0.1) is 5.41 Å². The maximum Gasteiger partial charge on any atom is 0.238 e. The molecule has 0 saturated carbocycles. The number of rotatable bonds is 6. The van der Waals surface area contributed by atoms with Gasteiger partial charge in [-0.25, -0.2) is 0 Å². The van der Waals surface area contributed by atoms with Crippen molar-refractivity contribution in [1.82, 2.24) is 15.8 Å². The first-order valence-electron chi connectivity index (χ1n) is 8.42. The van der Waals surface area contributed by atoms with Gasteiger partial charge in [0.2, 0.25) is 5.91 Å². The maximum absolute atomic E-state index is 12.2. The molecular weight excluding hydrogens is 304 g/mol. The number of benzene rings is 1. The Morgan fingerprint density at radius 2 is 2.04 bits per heavy atom. The van der Waals surface area contributed by atoms with E-state index in [9.17, 15) is 4.79 Å². The number of methoxy groups -OCH3 is 1. The Morgan fingerprint density at radius 1 is 1.33 bits per heavy atom. The summed E-state index contributed by atoms with van der Waals surface area (Å²) >= 11 is 0. The summed E-state index contributed by atoms with van der Waals surface area (Å²) in [4.78, 5) is 14.3. The lowest BCUT2D eigenvalue weighted by Gasteiger charge is -2.26. The van der Waals surface area contributed by atoms with Crippen molar-refractivity contribution in [3.63, 3.8) is 0 Å². The first-order chi connectivity index (χ1) is 11.3. The smallest absolute Gasteiger partial charge is 0.238 e. The molecule has 2 atom stereocenters. The number of hydrazine groups is 1. The van der Waals surface area contributed by atoms with Crippen LogP contribution in [0.3, 0.4) is 0 Å². The minimum atomic E-state index is -0.0414. The molecule has 1 saturated heterocycles. The largest absolute Gasteiger partial charge is 0.495 e. The van der Waals surface area contributed by atoms with Crippen LogP contribution in [0.15, 0.2) is 24.3 Å². The van der Waals surface area contributed by atoms with Crippen molar-refractivity contribution in [3.05, 3.63) is 24.3 Å². The fourth-order valence-corrected chi connectivity index (χ4v) is 2.93. The Morgan fingerprint density at radius 3 is 2.67 bits per heavy atom. The summed E-state index contributed by atoms with van der Waals surface area (Å²) in [6.45, 7) is 7.87. The first kappa shape index (κ1) is 18.7. The number of carbonyl (C=O) groups is 1. The van der Waals surface area contributed by atoms with Gasteiger partial charge in [0.15, 0.2) is 0 Å². The van der Waals surface area contributed by atoms with Gasteiger partial charge in [0.25, 0.3) is 0 Å². The molecule has 1 amide bonds. The molecule has 1 aromatic rings. The van der Waals surface area contributed by atoms with E-state index in [0.717, 1.165) is 13.0 Å². The molecule has 0 aliphatic carbocycles. The van der Waals surface area contributed by atoms with Crippen LogP contribution in [-0.4, -0.2) is 50.1 Å². The molecule has 2 rings (SSSR count). The number of carbonyl (C=O) groups excluding carboxylic acids is 1. The van der Waals surface area contributed by atoms with Crippen LogP contribution in [0.2, 0.25) is 0 Å². The average molecular weight is 334 g/mol. The Kier molecular flexibility index (Phi) is 6.21. The van der Waals surface area contributed by atoms with E-state index in [-0.39, 0.29) is 11.3 Å². The van der Waals surface area contributed by atoms with E-state index in [4.69, 9.17) is 4.74 Å². The molecule has 1 heterocycles. The van der Waals surface area contributed by atoms with Crippen molar-refractivity contribution in [1.29, 1.82) is 0 Å². The molecule has 1 fully saturated rings. The van der Waals surface area contributed by atoms with Crippen molar-refractivity contribution in [3.8, 4) is 5.75 Å². The molecular formula is C18H30N4O2. The fourth-order valence-electron chi connectivity index (χ4n) is 2.93. The van der Waals surface area contributed by atoms with Crippen LogP contribution in [0.1, 0.15) is 27.2 Å². The van der Waals surface area contributed by atoms with E-state index >= 15 is 0 Å². The molecule has 0 radical (unpaired) electrons. The monoisotopic (exact) mass is 334 g/mol. The summed E-state index contributed by atoms with van der Waals surface area (Å²) in [5, 5.41) is 2.91. The van der Waals surface area contributed by atoms with Gasteiger partial charge in [0, 0.05) is 18.6 Å². The van der Waals surface area contributed by atoms with E-state index in [0.29, 0.717) is 30.1 Å². The lowest BCUT2D eigenvalue weighted by Crippen LogP contribution is -2.43. The van der Waals surface area contributed by atoms with E-state index in [1.54, 1.807) is 7.11 Å². The Hall–Kier alpha value is -1.63. The van der Waals surface area contributed by atoms with Gasteiger partial charge in [0.05, 0.1) is 19.3 Å². The van der Waals surface area contributed by atoms with Crippen molar-refractivity contribution in [2.24, 2.45) is 5.41 Å². The van der Waals surface area contributed by atoms with E-state index in [2.05, 4.69) is 36.9 Å². The van der Waals surface area contributed by atoms with Crippen molar-refractivity contribution in [2.75, 3.05) is 32.6 Å². The molecule has 0 spiro atoms. The van der Waals surface area contributed by atoms with Gasteiger partial charge in [-0.15, -0.1) is 0 Å². The second kappa shape index (κ2) is 7.96. The number of para-hydroxylation sites is 2. The van der Waals surface area contributed by atoms with Crippen LogP contribution < -0.4 is 20.9 Å². The molecule has 6 heteroatoms. The van der Waals surface area contributed by atoms with E-state index in [1.165, 1.54) is 0 Å². The van der Waals surface area contributed by atoms with Crippen LogP contribution in [0.5, 0.6) is 5.75 Å². The number of hydrogen-bond acceptors (Lipinski definition) is 5. The Bertz CT molecular complexity index is 556. The van der Waals surface area contributed by atoms with Crippen LogP contribution >= 0.6 is 0 Å². The zero-order valence-corrected chi connectivity index (χ0v) is 15.3. The number of nitrogens with one attached hydrogen (secondary N) is 3. The molecule has 3 N–H and O–H groups in total. The second-order valence-electron chi connectivity index (χ2n) is 7.59. The molecule has 0 aromatic heterocycles. The summed E-state index contributed by atoms with van der Waals surface area (Å²) in [6.07, 6.45) is 1.06.